The SMILES string of the molecule is CCNC(=O)[C@]1(Cc2ccccc2-c2ccccc2)CCN(C(=O)c2ccc(C)s2)C1. The molecular formula is C26H28N2O2S. The van der Waals surface area contributed by atoms with Crippen molar-refractivity contribution in [1.82, 2.24) is 10.2 Å². The lowest BCUT2D eigenvalue weighted by Crippen LogP contribution is -2.45. The van der Waals surface area contributed by atoms with E-state index >= 15 is 0 Å². The highest BCUT2D eigenvalue weighted by atomic mass is 32.1. The number of hydrogen-bond donors (Lipinski definition) is 1. The number of rotatable bonds is 6. The van der Waals surface area contributed by atoms with E-state index in [-0.39, 0.29) is 11.8 Å². The van der Waals surface area contributed by atoms with Crippen molar-refractivity contribution in [3.63, 3.8) is 0 Å². The van der Waals surface area contributed by atoms with Gasteiger partial charge in [0.05, 0.1) is 10.3 Å². The van der Waals surface area contributed by atoms with Gasteiger partial charge in [-0.15, -0.1) is 11.3 Å². The number of aryl methyl sites for hydroxylation is 1. The molecule has 0 aliphatic carbocycles. The summed E-state index contributed by atoms with van der Waals surface area (Å²) in [6, 6.07) is 22.4. The number of carbonyl (C=O) groups excluding carboxylic acids is 2. The lowest BCUT2D eigenvalue weighted by atomic mass is 9.78. The Morgan fingerprint density at radius 2 is 1.77 bits per heavy atom. The lowest BCUT2D eigenvalue weighted by molar-refractivity contribution is -0.130. The highest BCUT2D eigenvalue weighted by Crippen LogP contribution is 2.38. The number of carbonyl (C=O) groups is 2. The predicted octanol–water partition coefficient (Wildman–Crippen LogP) is 4.93. The van der Waals surface area contributed by atoms with Crippen molar-refractivity contribution in [3.05, 3.63) is 82.0 Å². The Morgan fingerprint density at radius 3 is 2.48 bits per heavy atom. The molecule has 0 unspecified atom stereocenters. The second kappa shape index (κ2) is 9.06. The first-order chi connectivity index (χ1) is 15.0. The van der Waals surface area contributed by atoms with Gasteiger partial charge in [0.15, 0.2) is 0 Å². The molecule has 2 heterocycles. The van der Waals surface area contributed by atoms with Gasteiger partial charge in [-0.2, -0.15) is 0 Å². The third-order valence-electron chi connectivity index (χ3n) is 6.04. The summed E-state index contributed by atoms with van der Waals surface area (Å²) in [6.45, 7) is 5.57. The van der Waals surface area contributed by atoms with Crippen molar-refractivity contribution < 1.29 is 9.59 Å². The molecule has 4 nitrogen and oxygen atoms in total. The molecule has 160 valence electrons. The van der Waals surface area contributed by atoms with Crippen molar-refractivity contribution in [1.29, 1.82) is 0 Å². The number of amides is 2. The zero-order chi connectivity index (χ0) is 21.8. The first kappa shape index (κ1) is 21.3. The molecule has 1 atom stereocenters. The average molecular weight is 433 g/mol. The Balaban J connectivity index is 1.65. The van der Waals surface area contributed by atoms with Gasteiger partial charge in [0.1, 0.15) is 0 Å². The Hall–Kier alpha value is -2.92. The lowest BCUT2D eigenvalue weighted by Gasteiger charge is -2.29. The minimum absolute atomic E-state index is 0.0283. The standard InChI is InChI=1S/C26H28N2O2S/c1-3-27-25(30)26(15-16-28(18-26)24(29)23-14-13-19(2)31-23)17-21-11-7-8-12-22(21)20-9-5-4-6-10-20/h4-14H,3,15-18H2,1-2H3,(H,27,30)/t26-/m0/s1. The molecule has 31 heavy (non-hydrogen) atoms. The molecule has 4 rings (SSSR count). The van der Waals surface area contributed by atoms with Crippen LogP contribution < -0.4 is 5.32 Å². The van der Waals surface area contributed by atoms with Crippen LogP contribution in [0.1, 0.15) is 33.5 Å². The third-order valence-corrected chi connectivity index (χ3v) is 7.03. The van der Waals surface area contributed by atoms with Gasteiger partial charge >= 0.3 is 0 Å². The van der Waals surface area contributed by atoms with Crippen LogP contribution >= 0.6 is 11.3 Å². The maximum absolute atomic E-state index is 13.3. The highest BCUT2D eigenvalue weighted by Gasteiger charge is 2.46. The molecule has 2 amide bonds. The van der Waals surface area contributed by atoms with Gasteiger partial charge in [-0.3, -0.25) is 9.59 Å². The topological polar surface area (TPSA) is 49.4 Å². The van der Waals surface area contributed by atoms with Crippen LogP contribution in [0.25, 0.3) is 11.1 Å². The van der Waals surface area contributed by atoms with E-state index in [0.29, 0.717) is 32.5 Å². The number of nitrogens with one attached hydrogen (secondary N) is 1. The molecule has 2 aromatic carbocycles. The van der Waals surface area contributed by atoms with Gasteiger partial charge in [0.2, 0.25) is 5.91 Å². The fraction of sp³-hybridized carbons (Fsp3) is 0.308. The summed E-state index contributed by atoms with van der Waals surface area (Å²) in [5.74, 6) is 0.0659. The number of thiophene rings is 1. The number of likely N-dealkylation sites (tertiary alicyclic amines) is 1. The van der Waals surface area contributed by atoms with E-state index < -0.39 is 5.41 Å². The van der Waals surface area contributed by atoms with Crippen molar-refractivity contribution in [2.75, 3.05) is 19.6 Å². The zero-order valence-electron chi connectivity index (χ0n) is 18.1. The summed E-state index contributed by atoms with van der Waals surface area (Å²) in [4.78, 5) is 30.1. The molecule has 0 spiro atoms. The minimum atomic E-state index is -0.622. The molecule has 0 bridgehead atoms. The van der Waals surface area contributed by atoms with Crippen molar-refractivity contribution in [2.45, 2.75) is 26.7 Å². The van der Waals surface area contributed by atoms with Gasteiger partial charge in [-0.05, 0) is 55.5 Å². The molecule has 1 saturated heterocycles. The second-order valence-corrected chi connectivity index (χ2v) is 9.51. The maximum Gasteiger partial charge on any atom is 0.263 e. The van der Waals surface area contributed by atoms with E-state index in [2.05, 4.69) is 29.6 Å². The minimum Gasteiger partial charge on any atom is -0.356 e. The van der Waals surface area contributed by atoms with Crippen molar-refractivity contribution in [3.8, 4) is 11.1 Å². The van der Waals surface area contributed by atoms with Gasteiger partial charge < -0.3 is 10.2 Å². The van der Waals surface area contributed by atoms with E-state index in [0.717, 1.165) is 26.4 Å². The van der Waals surface area contributed by atoms with E-state index in [1.54, 1.807) is 0 Å². The summed E-state index contributed by atoms with van der Waals surface area (Å²) in [7, 11) is 0. The van der Waals surface area contributed by atoms with E-state index in [1.807, 2.05) is 61.2 Å². The third kappa shape index (κ3) is 4.42. The van der Waals surface area contributed by atoms with E-state index in [9.17, 15) is 9.59 Å². The average Bonchev–Trinajstić information content (AvgIpc) is 3.42. The largest absolute Gasteiger partial charge is 0.356 e. The maximum atomic E-state index is 13.3. The second-order valence-electron chi connectivity index (χ2n) is 8.23. The number of hydrogen-bond acceptors (Lipinski definition) is 3. The van der Waals surface area contributed by atoms with Crippen LogP contribution in [0.15, 0.2) is 66.7 Å². The fourth-order valence-corrected chi connectivity index (χ4v) is 5.28. The van der Waals surface area contributed by atoms with Crippen LogP contribution in [0.2, 0.25) is 0 Å². The molecule has 5 heteroatoms. The number of nitrogens with zero attached hydrogens (tertiary/aromatic N) is 1. The van der Waals surface area contributed by atoms with Crippen LogP contribution in [-0.2, 0) is 11.2 Å². The molecule has 0 radical (unpaired) electrons. The van der Waals surface area contributed by atoms with E-state index in [4.69, 9.17) is 0 Å². The Morgan fingerprint density at radius 1 is 1.03 bits per heavy atom. The van der Waals surface area contributed by atoms with Crippen LogP contribution in [0.5, 0.6) is 0 Å². The quantitative estimate of drug-likeness (QED) is 0.600. The summed E-state index contributed by atoms with van der Waals surface area (Å²) < 4.78 is 0. The molecule has 3 aromatic rings. The Bertz CT molecular complexity index is 1080. The monoisotopic (exact) mass is 432 g/mol. The zero-order valence-corrected chi connectivity index (χ0v) is 18.9. The summed E-state index contributed by atoms with van der Waals surface area (Å²) in [5.41, 5.74) is 2.80. The first-order valence-corrected chi connectivity index (χ1v) is 11.6. The summed E-state index contributed by atoms with van der Waals surface area (Å²) in [5, 5.41) is 3.04. The van der Waals surface area contributed by atoms with Gasteiger partial charge in [-0.25, -0.2) is 0 Å². The van der Waals surface area contributed by atoms with Gasteiger partial charge in [0.25, 0.3) is 5.91 Å². The van der Waals surface area contributed by atoms with Crippen LogP contribution in [0.3, 0.4) is 0 Å². The molecular weight excluding hydrogens is 404 g/mol. The van der Waals surface area contributed by atoms with E-state index in [1.165, 1.54) is 11.3 Å². The van der Waals surface area contributed by atoms with Crippen molar-refractivity contribution in [2.24, 2.45) is 5.41 Å². The van der Waals surface area contributed by atoms with Gasteiger partial charge in [-0.1, -0.05) is 54.6 Å². The van der Waals surface area contributed by atoms with Crippen LogP contribution in [0, 0.1) is 12.3 Å². The highest BCUT2D eigenvalue weighted by molar-refractivity contribution is 7.13. The summed E-state index contributed by atoms with van der Waals surface area (Å²) >= 11 is 1.51. The van der Waals surface area contributed by atoms with Crippen molar-refractivity contribution >= 4 is 23.2 Å². The molecule has 1 N–H and O–H groups in total. The molecule has 1 aromatic heterocycles. The fourth-order valence-electron chi connectivity index (χ4n) is 4.45. The van der Waals surface area contributed by atoms with Gasteiger partial charge in [0, 0.05) is 24.5 Å². The number of benzene rings is 2. The smallest absolute Gasteiger partial charge is 0.263 e. The molecule has 0 saturated carbocycles. The van der Waals surface area contributed by atoms with Crippen LogP contribution in [-0.4, -0.2) is 36.3 Å². The van der Waals surface area contributed by atoms with Crippen LogP contribution in [0.4, 0.5) is 0 Å². The predicted molar refractivity (Wildman–Crippen MR) is 126 cm³/mol. The molecule has 1 aliphatic heterocycles. The Labute approximate surface area is 187 Å². The molecule has 1 aliphatic rings. The summed E-state index contributed by atoms with van der Waals surface area (Å²) in [6.07, 6.45) is 1.27. The molecule has 1 fully saturated rings. The normalized spacial score (nSPS) is 18.2. The first-order valence-electron chi connectivity index (χ1n) is 10.8. The Kier molecular flexibility index (Phi) is 6.23.